The summed E-state index contributed by atoms with van der Waals surface area (Å²) in [6.07, 6.45) is 2.08. The summed E-state index contributed by atoms with van der Waals surface area (Å²) in [7, 11) is 0. The molecule has 2 heterocycles. The van der Waals surface area contributed by atoms with Crippen molar-refractivity contribution in [1.29, 1.82) is 0 Å². The molecule has 4 rings (SSSR count). The van der Waals surface area contributed by atoms with Crippen LogP contribution in [0.4, 0.5) is 4.79 Å². The predicted molar refractivity (Wildman–Crippen MR) is 110 cm³/mol. The van der Waals surface area contributed by atoms with Gasteiger partial charge >= 0.3 is 12.0 Å². The van der Waals surface area contributed by atoms with E-state index in [1.54, 1.807) is 6.07 Å². The standard InChI is InChI=1S/C22H22N2O5S/c1-13-10-16(14(2)30-13)18(25)12-29-19(26)11-24-20(27)22(23-21(24)28)9-5-7-15-6-3-4-8-17(15)22/h3-4,6,8,10H,5,7,9,11-12H2,1-2H3,(H,23,28). The van der Waals surface area contributed by atoms with Crippen LogP contribution in [0.15, 0.2) is 30.3 Å². The van der Waals surface area contributed by atoms with E-state index in [2.05, 4.69) is 5.32 Å². The first-order valence-electron chi connectivity index (χ1n) is 9.80. The Morgan fingerprint density at radius 2 is 2.00 bits per heavy atom. The summed E-state index contributed by atoms with van der Waals surface area (Å²) in [5.74, 6) is -1.55. The van der Waals surface area contributed by atoms with Gasteiger partial charge in [0.1, 0.15) is 12.1 Å². The number of carbonyl (C=O) groups is 4. The van der Waals surface area contributed by atoms with Crippen molar-refractivity contribution in [2.45, 2.75) is 38.6 Å². The van der Waals surface area contributed by atoms with Crippen molar-refractivity contribution in [2.24, 2.45) is 0 Å². The van der Waals surface area contributed by atoms with Gasteiger partial charge in [0.15, 0.2) is 6.61 Å². The van der Waals surface area contributed by atoms with E-state index < -0.39 is 36.6 Å². The predicted octanol–water partition coefficient (Wildman–Crippen LogP) is 2.87. The van der Waals surface area contributed by atoms with Crippen LogP contribution in [-0.2, 0) is 26.3 Å². The van der Waals surface area contributed by atoms with E-state index in [1.165, 1.54) is 11.3 Å². The van der Waals surface area contributed by atoms with Gasteiger partial charge in [-0.05, 0) is 50.3 Å². The van der Waals surface area contributed by atoms with Gasteiger partial charge in [0.25, 0.3) is 5.91 Å². The van der Waals surface area contributed by atoms with Gasteiger partial charge in [0.05, 0.1) is 0 Å². The molecule has 1 aromatic carbocycles. The first-order chi connectivity index (χ1) is 14.3. The molecule has 7 nitrogen and oxygen atoms in total. The number of hydrogen-bond donors (Lipinski definition) is 1. The number of aryl methyl sites for hydroxylation is 3. The monoisotopic (exact) mass is 426 g/mol. The summed E-state index contributed by atoms with van der Waals surface area (Å²) < 4.78 is 5.07. The Balaban J connectivity index is 1.44. The molecule has 1 aliphatic heterocycles. The molecule has 156 valence electrons. The highest BCUT2D eigenvalue weighted by molar-refractivity contribution is 7.12. The molecular formula is C22H22N2O5S. The topological polar surface area (TPSA) is 92.8 Å². The summed E-state index contributed by atoms with van der Waals surface area (Å²) in [6.45, 7) is 2.79. The number of amides is 3. The van der Waals surface area contributed by atoms with Crippen molar-refractivity contribution in [1.82, 2.24) is 10.2 Å². The van der Waals surface area contributed by atoms with Crippen molar-refractivity contribution < 1.29 is 23.9 Å². The third-order valence-electron chi connectivity index (χ3n) is 5.64. The average Bonchev–Trinajstić information content (AvgIpc) is 3.18. The number of benzene rings is 1. The van der Waals surface area contributed by atoms with Crippen molar-refractivity contribution >= 4 is 35.0 Å². The quantitative estimate of drug-likeness (QED) is 0.451. The van der Waals surface area contributed by atoms with E-state index in [0.29, 0.717) is 12.0 Å². The van der Waals surface area contributed by atoms with Crippen LogP contribution in [0.1, 0.15) is 44.1 Å². The molecule has 2 aliphatic rings. The van der Waals surface area contributed by atoms with E-state index >= 15 is 0 Å². The molecule has 2 aromatic rings. The molecule has 0 bridgehead atoms. The molecule has 1 spiro atoms. The van der Waals surface area contributed by atoms with E-state index in [4.69, 9.17) is 4.74 Å². The second-order valence-electron chi connectivity index (χ2n) is 7.65. The number of ketones is 1. The van der Waals surface area contributed by atoms with Gasteiger partial charge in [-0.1, -0.05) is 24.3 Å². The summed E-state index contributed by atoms with van der Waals surface area (Å²) in [5, 5.41) is 2.80. The minimum absolute atomic E-state index is 0.305. The number of urea groups is 1. The lowest BCUT2D eigenvalue weighted by Crippen LogP contribution is -2.46. The van der Waals surface area contributed by atoms with Gasteiger partial charge in [-0.15, -0.1) is 11.3 Å². The third-order valence-corrected chi connectivity index (χ3v) is 6.61. The molecule has 1 aliphatic carbocycles. The van der Waals surface area contributed by atoms with Crippen LogP contribution in [0.25, 0.3) is 0 Å². The number of ether oxygens (including phenoxy) is 1. The second kappa shape index (κ2) is 7.68. The van der Waals surface area contributed by atoms with Crippen LogP contribution in [0.3, 0.4) is 0 Å². The largest absolute Gasteiger partial charge is 0.456 e. The van der Waals surface area contributed by atoms with Crippen LogP contribution >= 0.6 is 11.3 Å². The van der Waals surface area contributed by atoms with Crippen LogP contribution in [0.5, 0.6) is 0 Å². The van der Waals surface area contributed by atoms with Gasteiger partial charge in [0, 0.05) is 15.3 Å². The average molecular weight is 426 g/mol. The van der Waals surface area contributed by atoms with Gasteiger partial charge < -0.3 is 10.1 Å². The Morgan fingerprint density at radius 1 is 1.23 bits per heavy atom. The number of imide groups is 1. The highest BCUT2D eigenvalue weighted by Gasteiger charge is 2.54. The number of nitrogens with zero attached hydrogens (tertiary/aromatic N) is 1. The number of fused-ring (bicyclic) bond motifs is 2. The highest BCUT2D eigenvalue weighted by Crippen LogP contribution is 2.39. The maximum Gasteiger partial charge on any atom is 0.326 e. The van der Waals surface area contributed by atoms with Crippen molar-refractivity contribution in [3.05, 3.63) is 56.8 Å². The van der Waals surface area contributed by atoms with E-state index in [1.807, 2.05) is 38.1 Å². The number of rotatable bonds is 5. The maximum atomic E-state index is 13.2. The fourth-order valence-electron chi connectivity index (χ4n) is 4.26. The van der Waals surface area contributed by atoms with Crippen molar-refractivity contribution in [2.75, 3.05) is 13.2 Å². The number of hydrogen-bond acceptors (Lipinski definition) is 6. The molecule has 1 aromatic heterocycles. The molecule has 1 N–H and O–H groups in total. The van der Waals surface area contributed by atoms with E-state index in [-0.39, 0.29) is 5.78 Å². The fraction of sp³-hybridized carbons (Fsp3) is 0.364. The van der Waals surface area contributed by atoms with Crippen LogP contribution in [-0.4, -0.2) is 41.7 Å². The highest BCUT2D eigenvalue weighted by atomic mass is 32.1. The lowest BCUT2D eigenvalue weighted by Gasteiger charge is -2.33. The zero-order chi connectivity index (χ0) is 21.5. The fourth-order valence-corrected chi connectivity index (χ4v) is 5.20. The van der Waals surface area contributed by atoms with Crippen LogP contribution in [0.2, 0.25) is 0 Å². The Labute approximate surface area is 178 Å². The molecule has 3 amide bonds. The Kier molecular flexibility index (Phi) is 5.19. The SMILES string of the molecule is Cc1cc(C(=O)COC(=O)CN2C(=O)NC3(CCCc4ccccc43)C2=O)c(C)s1. The van der Waals surface area contributed by atoms with Gasteiger partial charge in [-0.2, -0.15) is 0 Å². The van der Waals surface area contributed by atoms with Crippen LogP contribution < -0.4 is 5.32 Å². The lowest BCUT2D eigenvalue weighted by atomic mass is 9.76. The number of thiophene rings is 1. The van der Waals surface area contributed by atoms with Crippen LogP contribution in [0, 0.1) is 13.8 Å². The molecule has 8 heteroatoms. The first kappa shape index (κ1) is 20.3. The molecule has 30 heavy (non-hydrogen) atoms. The number of esters is 1. The molecule has 1 fully saturated rings. The summed E-state index contributed by atoms with van der Waals surface area (Å²) in [4.78, 5) is 53.0. The Hall–Kier alpha value is -3.00. The van der Waals surface area contributed by atoms with Crippen molar-refractivity contribution in [3.8, 4) is 0 Å². The molecule has 0 saturated carbocycles. The second-order valence-corrected chi connectivity index (χ2v) is 9.11. The molecule has 0 radical (unpaired) electrons. The molecular weight excluding hydrogens is 404 g/mol. The summed E-state index contributed by atoms with van der Waals surface area (Å²) in [5.41, 5.74) is 1.20. The normalized spacial score (nSPS) is 20.3. The van der Waals surface area contributed by atoms with Gasteiger partial charge in [-0.3, -0.25) is 19.3 Å². The minimum Gasteiger partial charge on any atom is -0.456 e. The lowest BCUT2D eigenvalue weighted by molar-refractivity contribution is -0.147. The zero-order valence-electron chi connectivity index (χ0n) is 16.8. The summed E-state index contributed by atoms with van der Waals surface area (Å²) in [6, 6.07) is 8.68. The Morgan fingerprint density at radius 3 is 2.73 bits per heavy atom. The Bertz CT molecular complexity index is 1060. The van der Waals surface area contributed by atoms with Gasteiger partial charge in [-0.25, -0.2) is 4.79 Å². The van der Waals surface area contributed by atoms with E-state index in [9.17, 15) is 19.2 Å². The number of nitrogens with one attached hydrogen (secondary N) is 1. The first-order valence-corrected chi connectivity index (χ1v) is 10.6. The molecule has 1 atom stereocenters. The third kappa shape index (κ3) is 3.41. The summed E-state index contributed by atoms with van der Waals surface area (Å²) >= 11 is 1.50. The smallest absolute Gasteiger partial charge is 0.326 e. The van der Waals surface area contributed by atoms with Crippen molar-refractivity contribution in [3.63, 3.8) is 0 Å². The maximum absolute atomic E-state index is 13.2. The molecule has 1 saturated heterocycles. The minimum atomic E-state index is -1.13. The number of carbonyl (C=O) groups excluding carboxylic acids is 4. The molecule has 1 unspecified atom stereocenters. The zero-order valence-corrected chi connectivity index (χ0v) is 17.6. The number of Topliss-reactive ketones (excluding diaryl/α,β-unsaturated/α-hetero) is 1. The van der Waals surface area contributed by atoms with E-state index in [0.717, 1.165) is 38.6 Å². The van der Waals surface area contributed by atoms with Gasteiger partial charge in [0.2, 0.25) is 5.78 Å².